The number of aliphatic hydroxyl groups is 2. The zero-order chi connectivity index (χ0) is 20.9. The highest BCUT2D eigenvalue weighted by molar-refractivity contribution is 4.76. The monoisotopic (exact) mass is 398 g/mol. The Labute approximate surface area is 177 Å². The van der Waals surface area contributed by atoms with Gasteiger partial charge in [-0.3, -0.25) is 0 Å². The van der Waals surface area contributed by atoms with Crippen molar-refractivity contribution in [2.45, 2.75) is 161 Å². The van der Waals surface area contributed by atoms with Crippen molar-refractivity contribution in [2.24, 2.45) is 5.92 Å². The molecule has 0 atom stereocenters. The van der Waals surface area contributed by atoms with E-state index in [-0.39, 0.29) is 5.92 Å². The molecule has 2 nitrogen and oxygen atoms in total. The highest BCUT2D eigenvalue weighted by atomic mass is 16.5. The van der Waals surface area contributed by atoms with Gasteiger partial charge in [0.25, 0.3) is 0 Å². The summed E-state index contributed by atoms with van der Waals surface area (Å²) in [5.41, 5.74) is 0. The molecular formula is C26H54O2. The molecule has 0 unspecified atom stereocenters. The number of hydrogen-bond donors (Lipinski definition) is 2. The second-order valence-corrected chi connectivity index (χ2v) is 9.21. The molecule has 0 aliphatic heterocycles. The lowest BCUT2D eigenvalue weighted by molar-refractivity contribution is -0.209. The maximum atomic E-state index is 10.8. The van der Waals surface area contributed by atoms with Crippen LogP contribution in [0.15, 0.2) is 0 Å². The van der Waals surface area contributed by atoms with Crippen molar-refractivity contribution < 1.29 is 10.2 Å². The average Bonchev–Trinajstić information content (AvgIpc) is 2.68. The SMILES string of the molecule is CCCCCCCCC(CCCCCCCC)C(O)(O)CCCCCCCC. The van der Waals surface area contributed by atoms with E-state index >= 15 is 0 Å². The van der Waals surface area contributed by atoms with Gasteiger partial charge < -0.3 is 10.2 Å². The van der Waals surface area contributed by atoms with Crippen LogP contribution in [0.5, 0.6) is 0 Å². The van der Waals surface area contributed by atoms with Crippen molar-refractivity contribution in [1.29, 1.82) is 0 Å². The van der Waals surface area contributed by atoms with Crippen molar-refractivity contribution in [2.75, 3.05) is 0 Å². The van der Waals surface area contributed by atoms with Gasteiger partial charge in [-0.25, -0.2) is 0 Å². The third-order valence-corrected chi connectivity index (χ3v) is 6.36. The molecular weight excluding hydrogens is 344 g/mol. The van der Waals surface area contributed by atoms with Crippen LogP contribution in [0.25, 0.3) is 0 Å². The Hall–Kier alpha value is -0.0800. The van der Waals surface area contributed by atoms with Gasteiger partial charge in [0.1, 0.15) is 0 Å². The first-order valence-electron chi connectivity index (χ1n) is 13.0. The molecule has 0 rings (SSSR count). The molecule has 0 fully saturated rings. The Morgan fingerprint density at radius 1 is 0.464 bits per heavy atom. The first kappa shape index (κ1) is 27.9. The average molecular weight is 399 g/mol. The molecule has 0 aromatic heterocycles. The molecule has 0 radical (unpaired) electrons. The van der Waals surface area contributed by atoms with Gasteiger partial charge in [-0.15, -0.1) is 0 Å². The lowest BCUT2D eigenvalue weighted by Gasteiger charge is -2.32. The normalized spacial score (nSPS) is 12.2. The van der Waals surface area contributed by atoms with Gasteiger partial charge in [-0.1, -0.05) is 130 Å². The molecule has 0 saturated heterocycles. The van der Waals surface area contributed by atoms with Crippen molar-refractivity contribution in [3.05, 3.63) is 0 Å². The van der Waals surface area contributed by atoms with Crippen LogP contribution in [-0.2, 0) is 0 Å². The third kappa shape index (κ3) is 16.8. The maximum Gasteiger partial charge on any atom is 0.165 e. The Kier molecular flexibility index (Phi) is 20.1. The molecule has 0 aliphatic rings. The first-order valence-corrected chi connectivity index (χ1v) is 13.0. The minimum Gasteiger partial charge on any atom is -0.365 e. The summed E-state index contributed by atoms with van der Waals surface area (Å²) in [6.45, 7) is 6.75. The van der Waals surface area contributed by atoms with Gasteiger partial charge in [0.2, 0.25) is 0 Å². The Balaban J connectivity index is 4.24. The van der Waals surface area contributed by atoms with Crippen LogP contribution < -0.4 is 0 Å². The Bertz CT molecular complexity index is 285. The molecule has 0 heterocycles. The van der Waals surface area contributed by atoms with E-state index < -0.39 is 5.79 Å². The van der Waals surface area contributed by atoms with Crippen molar-refractivity contribution in [3.63, 3.8) is 0 Å². The fourth-order valence-corrected chi connectivity index (χ4v) is 4.32. The van der Waals surface area contributed by atoms with Crippen molar-refractivity contribution >= 4 is 0 Å². The topological polar surface area (TPSA) is 40.5 Å². The van der Waals surface area contributed by atoms with E-state index in [2.05, 4.69) is 20.8 Å². The Morgan fingerprint density at radius 2 is 0.786 bits per heavy atom. The van der Waals surface area contributed by atoms with Crippen LogP contribution in [-0.4, -0.2) is 16.0 Å². The predicted molar refractivity (Wildman–Crippen MR) is 125 cm³/mol. The van der Waals surface area contributed by atoms with Crippen LogP contribution in [0.1, 0.15) is 156 Å². The smallest absolute Gasteiger partial charge is 0.165 e. The number of rotatable bonds is 22. The minimum absolute atomic E-state index is 0.0699. The first-order chi connectivity index (χ1) is 13.6. The van der Waals surface area contributed by atoms with E-state index in [0.717, 1.165) is 38.5 Å². The van der Waals surface area contributed by atoms with Crippen molar-refractivity contribution in [1.82, 2.24) is 0 Å². The van der Waals surface area contributed by atoms with Gasteiger partial charge in [0.05, 0.1) is 0 Å². The maximum absolute atomic E-state index is 10.8. The molecule has 0 spiro atoms. The molecule has 170 valence electrons. The van der Waals surface area contributed by atoms with Crippen LogP contribution in [0.3, 0.4) is 0 Å². The van der Waals surface area contributed by atoms with E-state index in [9.17, 15) is 10.2 Å². The summed E-state index contributed by atoms with van der Waals surface area (Å²) in [6.07, 6.45) is 25.1. The standard InChI is InChI=1S/C26H54O2/c1-4-7-10-13-16-19-22-25(23-20-17-14-11-8-5-2)26(27,28)24-21-18-15-12-9-6-3/h25,27-28H,4-24H2,1-3H3. The molecule has 2 N–H and O–H groups in total. The lowest BCUT2D eigenvalue weighted by Crippen LogP contribution is -2.37. The molecule has 0 bridgehead atoms. The zero-order valence-corrected chi connectivity index (χ0v) is 19.8. The van der Waals surface area contributed by atoms with Gasteiger partial charge in [0, 0.05) is 12.3 Å². The second-order valence-electron chi connectivity index (χ2n) is 9.21. The molecule has 0 aromatic rings. The quantitative estimate of drug-likeness (QED) is 0.142. The highest BCUT2D eigenvalue weighted by Gasteiger charge is 2.32. The zero-order valence-electron chi connectivity index (χ0n) is 19.8. The molecule has 28 heavy (non-hydrogen) atoms. The molecule has 0 saturated carbocycles. The third-order valence-electron chi connectivity index (χ3n) is 6.36. The summed E-state index contributed by atoms with van der Waals surface area (Å²) in [5, 5.41) is 21.6. The summed E-state index contributed by atoms with van der Waals surface area (Å²) in [5.74, 6) is -1.38. The van der Waals surface area contributed by atoms with Gasteiger partial charge >= 0.3 is 0 Å². The summed E-state index contributed by atoms with van der Waals surface area (Å²) in [7, 11) is 0. The molecule has 2 heteroatoms. The summed E-state index contributed by atoms with van der Waals surface area (Å²) >= 11 is 0. The summed E-state index contributed by atoms with van der Waals surface area (Å²) < 4.78 is 0. The lowest BCUT2D eigenvalue weighted by atomic mass is 9.84. The van der Waals surface area contributed by atoms with E-state index in [1.807, 2.05) is 0 Å². The van der Waals surface area contributed by atoms with E-state index in [1.54, 1.807) is 0 Å². The van der Waals surface area contributed by atoms with Crippen LogP contribution in [0.4, 0.5) is 0 Å². The second kappa shape index (κ2) is 20.2. The predicted octanol–water partition coefficient (Wildman–Crippen LogP) is 8.54. The number of hydrogen-bond acceptors (Lipinski definition) is 2. The van der Waals surface area contributed by atoms with Gasteiger partial charge in [-0.05, 0) is 19.3 Å². The van der Waals surface area contributed by atoms with Crippen molar-refractivity contribution in [3.8, 4) is 0 Å². The fourth-order valence-electron chi connectivity index (χ4n) is 4.32. The van der Waals surface area contributed by atoms with E-state index in [1.165, 1.54) is 89.9 Å². The fraction of sp³-hybridized carbons (Fsp3) is 1.00. The summed E-state index contributed by atoms with van der Waals surface area (Å²) in [4.78, 5) is 0. The van der Waals surface area contributed by atoms with Gasteiger partial charge in [-0.2, -0.15) is 0 Å². The van der Waals surface area contributed by atoms with E-state index in [4.69, 9.17) is 0 Å². The molecule has 0 aliphatic carbocycles. The van der Waals surface area contributed by atoms with Crippen LogP contribution >= 0.6 is 0 Å². The van der Waals surface area contributed by atoms with Crippen LogP contribution in [0.2, 0.25) is 0 Å². The molecule has 0 amide bonds. The largest absolute Gasteiger partial charge is 0.365 e. The Morgan fingerprint density at radius 3 is 1.18 bits per heavy atom. The minimum atomic E-state index is -1.45. The molecule has 0 aromatic carbocycles. The summed E-state index contributed by atoms with van der Waals surface area (Å²) in [6, 6.07) is 0. The van der Waals surface area contributed by atoms with Gasteiger partial charge in [0.15, 0.2) is 5.79 Å². The van der Waals surface area contributed by atoms with E-state index in [0.29, 0.717) is 6.42 Å². The number of unbranched alkanes of at least 4 members (excludes halogenated alkanes) is 15. The highest BCUT2D eigenvalue weighted by Crippen LogP contribution is 2.31. The van der Waals surface area contributed by atoms with Crippen LogP contribution in [0, 0.1) is 5.92 Å².